The van der Waals surface area contributed by atoms with Crippen LogP contribution in [0.25, 0.3) is 27.8 Å². The molecule has 1 heterocycles. The lowest BCUT2D eigenvalue weighted by Crippen LogP contribution is -2.32. The van der Waals surface area contributed by atoms with Crippen molar-refractivity contribution in [2.75, 3.05) is 4.90 Å². The molecule has 0 fully saturated rings. The minimum absolute atomic E-state index is 0.146. The molecule has 262 valence electrons. The largest absolute Gasteiger partial charge is 0.457 e. The summed E-state index contributed by atoms with van der Waals surface area (Å²) >= 11 is 0. The summed E-state index contributed by atoms with van der Waals surface area (Å²) in [5, 5.41) is 0. The average molecular weight is 706 g/mol. The van der Waals surface area contributed by atoms with Crippen LogP contribution in [0.3, 0.4) is 0 Å². The van der Waals surface area contributed by atoms with Crippen LogP contribution >= 0.6 is 0 Å². The zero-order valence-corrected chi connectivity index (χ0v) is 31.2. The molecule has 1 aliphatic heterocycles. The lowest BCUT2D eigenvalue weighted by atomic mass is 9.66. The van der Waals surface area contributed by atoms with Gasteiger partial charge in [-0.2, -0.15) is 0 Å². The van der Waals surface area contributed by atoms with Gasteiger partial charge in [0.25, 0.3) is 0 Å². The first kappa shape index (κ1) is 32.8. The van der Waals surface area contributed by atoms with Crippen LogP contribution in [-0.4, -0.2) is 0 Å². The van der Waals surface area contributed by atoms with Crippen molar-refractivity contribution >= 4 is 22.6 Å². The fraction of sp³-hybridized carbons (Fsp3) is 0.0943. The van der Waals surface area contributed by atoms with Gasteiger partial charge < -0.3 is 9.64 Å². The highest BCUT2D eigenvalue weighted by molar-refractivity contribution is 5.92. The molecule has 1 spiro atoms. The molecule has 0 amide bonds. The molecule has 0 atom stereocenters. The molecule has 2 nitrogen and oxygen atoms in total. The van der Waals surface area contributed by atoms with Gasteiger partial charge in [-0.3, -0.25) is 0 Å². The summed E-state index contributed by atoms with van der Waals surface area (Å²) < 4.78 is 6.64. The normalized spacial score (nSPS) is 14.9. The Morgan fingerprint density at radius 2 is 1.07 bits per heavy atom. The molecule has 2 aliphatic carbocycles. The van der Waals surface area contributed by atoms with Gasteiger partial charge in [0, 0.05) is 33.6 Å². The fourth-order valence-corrected chi connectivity index (χ4v) is 9.58. The Hall–Kier alpha value is -6.82. The van der Waals surface area contributed by atoms with Gasteiger partial charge in [0.15, 0.2) is 0 Å². The number of ether oxygens (including phenoxy) is 1. The van der Waals surface area contributed by atoms with Crippen molar-refractivity contribution in [1.29, 1.82) is 0 Å². The highest BCUT2D eigenvalue weighted by atomic mass is 16.5. The predicted octanol–water partition coefficient (Wildman–Crippen LogP) is 13.5. The minimum Gasteiger partial charge on any atom is -0.457 e. The third kappa shape index (κ3) is 4.70. The molecule has 2 heteroatoms. The first-order chi connectivity index (χ1) is 26.9. The number of para-hydroxylation sites is 2. The molecule has 0 N–H and O–H groups in total. The van der Waals surface area contributed by atoms with Gasteiger partial charge in [-0.1, -0.05) is 135 Å². The van der Waals surface area contributed by atoms with Crippen LogP contribution in [0.1, 0.15) is 59.7 Å². The Morgan fingerprint density at radius 1 is 0.545 bits per heavy atom. The third-order valence-corrected chi connectivity index (χ3v) is 12.0. The number of hydrogen-bond acceptors (Lipinski definition) is 2. The fourth-order valence-electron chi connectivity index (χ4n) is 9.58. The van der Waals surface area contributed by atoms with Crippen molar-refractivity contribution in [1.82, 2.24) is 0 Å². The van der Waals surface area contributed by atoms with Crippen LogP contribution in [0, 0.1) is 12.3 Å². The lowest BCUT2D eigenvalue weighted by molar-refractivity contribution is 0.436. The van der Waals surface area contributed by atoms with Crippen LogP contribution in [0.2, 0.25) is 0 Å². The Morgan fingerprint density at radius 3 is 1.73 bits per heavy atom. The molecule has 10 rings (SSSR count). The van der Waals surface area contributed by atoms with E-state index in [1.54, 1.807) is 6.08 Å². The SMILES string of the molecule is C#C/C=C\C(=C/C)c1cccc(N(c2ccc3c(c2)C(C)(C)c2ccccc2-3)c2ccc3c(c2)C2(c4ccccc4Oc4ccccc42)c2ccccc2-3)c1. The van der Waals surface area contributed by atoms with Gasteiger partial charge in [0.1, 0.15) is 11.5 Å². The van der Waals surface area contributed by atoms with Crippen LogP contribution < -0.4 is 9.64 Å². The number of hydrogen-bond donors (Lipinski definition) is 0. The summed E-state index contributed by atoms with van der Waals surface area (Å²) in [6.07, 6.45) is 11.5. The maximum Gasteiger partial charge on any atom is 0.132 e. The van der Waals surface area contributed by atoms with Crippen molar-refractivity contribution in [3.8, 4) is 46.1 Å². The van der Waals surface area contributed by atoms with Crippen LogP contribution in [0.5, 0.6) is 11.5 Å². The molecule has 0 radical (unpaired) electrons. The molecular formula is C53H39NO. The maximum atomic E-state index is 6.64. The molecule has 0 bridgehead atoms. The van der Waals surface area contributed by atoms with Gasteiger partial charge in [0.2, 0.25) is 0 Å². The van der Waals surface area contributed by atoms with Crippen molar-refractivity contribution < 1.29 is 4.74 Å². The lowest BCUT2D eigenvalue weighted by Gasteiger charge is -2.39. The second kappa shape index (κ2) is 12.4. The number of nitrogens with zero attached hydrogens (tertiary/aromatic N) is 1. The van der Waals surface area contributed by atoms with E-state index in [0.29, 0.717) is 0 Å². The number of allylic oxidation sites excluding steroid dienone is 4. The van der Waals surface area contributed by atoms with E-state index in [-0.39, 0.29) is 5.41 Å². The van der Waals surface area contributed by atoms with Gasteiger partial charge >= 0.3 is 0 Å². The third-order valence-electron chi connectivity index (χ3n) is 12.0. The molecular weight excluding hydrogens is 667 g/mol. The molecule has 0 saturated heterocycles. The van der Waals surface area contributed by atoms with Crippen LogP contribution in [0.15, 0.2) is 176 Å². The monoisotopic (exact) mass is 705 g/mol. The standard InChI is InChI=1S/C53H39NO/c1-5-7-17-35(6-2)36-18-16-19-37(32-36)54(38-28-30-42-40-20-8-10-22-44(40)52(3,4)48(42)33-38)39-29-31-43-41-21-9-11-23-45(41)53(49(43)34-39)46-24-12-14-26-50(46)55-51-27-15-13-25-47(51)53/h1,6-34H,2-4H3/b17-7-,35-6+. The topological polar surface area (TPSA) is 12.5 Å². The van der Waals surface area contributed by atoms with Gasteiger partial charge in [-0.05, 0) is 123 Å². The molecule has 0 aromatic heterocycles. The quantitative estimate of drug-likeness (QED) is 0.131. The van der Waals surface area contributed by atoms with E-state index in [1.807, 2.05) is 6.08 Å². The second-order valence-corrected chi connectivity index (χ2v) is 15.2. The summed E-state index contributed by atoms with van der Waals surface area (Å²) in [5.41, 5.74) is 17.3. The van der Waals surface area contributed by atoms with Gasteiger partial charge in [-0.25, -0.2) is 0 Å². The van der Waals surface area contributed by atoms with E-state index in [2.05, 4.69) is 195 Å². The number of anilines is 3. The Balaban J connectivity index is 1.24. The van der Waals surface area contributed by atoms with E-state index >= 15 is 0 Å². The van der Waals surface area contributed by atoms with E-state index in [9.17, 15) is 0 Å². The minimum atomic E-state index is -0.569. The summed E-state index contributed by atoms with van der Waals surface area (Å²) in [6.45, 7) is 6.75. The number of fused-ring (bicyclic) bond motifs is 12. The summed E-state index contributed by atoms with van der Waals surface area (Å²) in [6, 6.07) is 57.7. The molecule has 3 aliphatic rings. The van der Waals surface area contributed by atoms with E-state index < -0.39 is 5.41 Å². The average Bonchev–Trinajstić information content (AvgIpc) is 3.64. The number of rotatable bonds is 5. The van der Waals surface area contributed by atoms with Gasteiger partial charge in [0.05, 0.1) is 5.41 Å². The van der Waals surface area contributed by atoms with E-state index in [4.69, 9.17) is 11.2 Å². The smallest absolute Gasteiger partial charge is 0.132 e. The second-order valence-electron chi connectivity index (χ2n) is 15.2. The van der Waals surface area contributed by atoms with E-state index in [1.165, 1.54) is 44.5 Å². The summed E-state index contributed by atoms with van der Waals surface area (Å²) in [4.78, 5) is 2.43. The van der Waals surface area contributed by atoms with Crippen molar-refractivity contribution in [3.05, 3.63) is 215 Å². The zero-order chi connectivity index (χ0) is 37.3. The molecule has 0 saturated carbocycles. The first-order valence-corrected chi connectivity index (χ1v) is 19.0. The van der Waals surface area contributed by atoms with Crippen molar-refractivity contribution in [3.63, 3.8) is 0 Å². The Kier molecular flexibility index (Phi) is 7.38. The number of benzene rings is 7. The highest BCUT2D eigenvalue weighted by Crippen LogP contribution is 2.62. The molecule has 7 aromatic rings. The van der Waals surface area contributed by atoms with Crippen LogP contribution in [-0.2, 0) is 10.8 Å². The molecule has 7 aromatic carbocycles. The number of terminal acetylenes is 1. The highest BCUT2D eigenvalue weighted by Gasteiger charge is 2.51. The molecule has 55 heavy (non-hydrogen) atoms. The zero-order valence-electron chi connectivity index (χ0n) is 31.2. The predicted molar refractivity (Wildman–Crippen MR) is 228 cm³/mol. The van der Waals surface area contributed by atoms with Crippen LogP contribution in [0.4, 0.5) is 17.1 Å². The first-order valence-electron chi connectivity index (χ1n) is 19.0. The maximum absolute atomic E-state index is 6.64. The summed E-state index contributed by atoms with van der Waals surface area (Å²) in [5.74, 6) is 4.44. The van der Waals surface area contributed by atoms with Crippen molar-refractivity contribution in [2.24, 2.45) is 0 Å². The summed E-state index contributed by atoms with van der Waals surface area (Å²) in [7, 11) is 0. The Labute approximate surface area is 323 Å². The Bertz CT molecular complexity index is 2760. The molecule has 0 unspecified atom stereocenters. The van der Waals surface area contributed by atoms with Gasteiger partial charge in [-0.15, -0.1) is 6.42 Å². The van der Waals surface area contributed by atoms with Crippen molar-refractivity contribution in [2.45, 2.75) is 31.6 Å². The van der Waals surface area contributed by atoms with E-state index in [0.717, 1.165) is 50.8 Å².